The van der Waals surface area contributed by atoms with Crippen LogP contribution in [0.4, 0.5) is 0 Å². The van der Waals surface area contributed by atoms with Gasteiger partial charge in [-0.1, -0.05) is 35.5 Å². The normalized spacial score (nSPS) is 10.5. The minimum absolute atomic E-state index is 0.0604. The first kappa shape index (κ1) is 17.6. The number of carboxylic acid groups (broad SMARTS) is 1. The zero-order chi connectivity index (χ0) is 17.2. The van der Waals surface area contributed by atoms with E-state index in [-0.39, 0.29) is 18.1 Å². The largest absolute Gasteiger partial charge is 0.476 e. The smallest absolute Gasteiger partial charge is 0.358 e. The molecule has 0 unspecified atom stereocenters. The maximum absolute atomic E-state index is 11.7. The first-order valence-electron chi connectivity index (χ1n) is 7.67. The summed E-state index contributed by atoms with van der Waals surface area (Å²) in [6.45, 7) is 1.65. The molecular weight excluding hydrogens is 312 g/mol. The second-order valence-corrected chi connectivity index (χ2v) is 5.16. The Morgan fingerprint density at radius 1 is 1.21 bits per heavy atom. The van der Waals surface area contributed by atoms with Crippen LogP contribution < -0.4 is 5.32 Å². The van der Waals surface area contributed by atoms with E-state index in [1.54, 1.807) is 0 Å². The molecule has 24 heavy (non-hydrogen) atoms. The van der Waals surface area contributed by atoms with Crippen LogP contribution in [0.25, 0.3) is 0 Å². The van der Waals surface area contributed by atoms with Gasteiger partial charge in [0, 0.05) is 13.2 Å². The van der Waals surface area contributed by atoms with Gasteiger partial charge in [0.1, 0.15) is 6.54 Å². The van der Waals surface area contributed by atoms with Crippen molar-refractivity contribution in [2.24, 2.45) is 0 Å². The lowest BCUT2D eigenvalue weighted by Crippen LogP contribution is -2.29. The third kappa shape index (κ3) is 6.17. The van der Waals surface area contributed by atoms with Crippen LogP contribution in [0, 0.1) is 0 Å². The van der Waals surface area contributed by atoms with E-state index < -0.39 is 5.97 Å². The Labute approximate surface area is 139 Å². The highest BCUT2D eigenvalue weighted by Gasteiger charge is 2.10. The van der Waals surface area contributed by atoms with Crippen LogP contribution in [0.1, 0.15) is 22.5 Å². The van der Waals surface area contributed by atoms with E-state index in [2.05, 4.69) is 27.8 Å². The summed E-state index contributed by atoms with van der Waals surface area (Å²) in [5.41, 5.74) is 1.05. The maximum Gasteiger partial charge on any atom is 0.358 e. The molecule has 0 saturated carbocycles. The van der Waals surface area contributed by atoms with Gasteiger partial charge in [-0.3, -0.25) is 4.79 Å². The van der Waals surface area contributed by atoms with Crippen molar-refractivity contribution in [1.82, 2.24) is 20.3 Å². The van der Waals surface area contributed by atoms with Gasteiger partial charge in [-0.05, 0) is 18.4 Å². The Morgan fingerprint density at radius 2 is 2.00 bits per heavy atom. The van der Waals surface area contributed by atoms with E-state index in [0.29, 0.717) is 26.2 Å². The van der Waals surface area contributed by atoms with E-state index >= 15 is 0 Å². The number of nitrogens with one attached hydrogen (secondary N) is 1. The third-order valence-electron chi connectivity index (χ3n) is 3.23. The van der Waals surface area contributed by atoms with Gasteiger partial charge in [0.2, 0.25) is 5.91 Å². The monoisotopic (exact) mass is 332 g/mol. The van der Waals surface area contributed by atoms with Crippen molar-refractivity contribution in [3.8, 4) is 0 Å². The Morgan fingerprint density at radius 3 is 2.71 bits per heavy atom. The van der Waals surface area contributed by atoms with Crippen molar-refractivity contribution in [1.29, 1.82) is 0 Å². The summed E-state index contributed by atoms with van der Waals surface area (Å²) >= 11 is 0. The van der Waals surface area contributed by atoms with Crippen LogP contribution in [0.3, 0.4) is 0 Å². The molecule has 0 aliphatic rings. The zero-order valence-corrected chi connectivity index (χ0v) is 13.2. The summed E-state index contributed by atoms with van der Waals surface area (Å²) in [7, 11) is 0. The van der Waals surface area contributed by atoms with E-state index in [4.69, 9.17) is 9.84 Å². The van der Waals surface area contributed by atoms with E-state index in [0.717, 1.165) is 6.42 Å². The standard InChI is InChI=1S/C16H20N4O4/c21-15(12-20-11-14(16(22)23)18-19-20)17-8-4-9-24-10-7-13-5-2-1-3-6-13/h1-3,5-6,11H,4,7-10,12H2,(H,17,21)(H,22,23). The maximum atomic E-state index is 11.7. The predicted octanol–water partition coefficient (Wildman–Crippen LogP) is 0.742. The summed E-state index contributed by atoms with van der Waals surface area (Å²) in [5.74, 6) is -1.42. The lowest BCUT2D eigenvalue weighted by Gasteiger charge is -2.06. The summed E-state index contributed by atoms with van der Waals surface area (Å²) in [4.78, 5) is 22.3. The second kappa shape index (κ2) is 9.41. The second-order valence-electron chi connectivity index (χ2n) is 5.16. The van der Waals surface area contributed by atoms with Crippen molar-refractivity contribution in [3.63, 3.8) is 0 Å². The average Bonchev–Trinajstić information content (AvgIpc) is 3.03. The molecular formula is C16H20N4O4. The van der Waals surface area contributed by atoms with E-state index in [9.17, 15) is 9.59 Å². The highest BCUT2D eigenvalue weighted by molar-refractivity contribution is 5.84. The molecule has 0 bridgehead atoms. The molecule has 1 heterocycles. The van der Waals surface area contributed by atoms with Gasteiger partial charge in [-0.25, -0.2) is 9.48 Å². The summed E-state index contributed by atoms with van der Waals surface area (Å²) in [5, 5.41) is 18.5. The minimum Gasteiger partial charge on any atom is -0.476 e. The molecule has 2 N–H and O–H groups in total. The molecule has 0 aliphatic carbocycles. The SMILES string of the molecule is O=C(Cn1cc(C(=O)O)nn1)NCCCOCCc1ccccc1. The molecule has 1 amide bonds. The Bertz CT molecular complexity index is 657. The molecule has 0 radical (unpaired) electrons. The van der Waals surface area contributed by atoms with Crippen molar-refractivity contribution in [3.05, 3.63) is 47.8 Å². The van der Waals surface area contributed by atoms with Gasteiger partial charge in [0.05, 0.1) is 12.8 Å². The quantitative estimate of drug-likeness (QED) is 0.622. The van der Waals surface area contributed by atoms with Crippen LogP contribution in [-0.4, -0.2) is 51.7 Å². The lowest BCUT2D eigenvalue weighted by atomic mass is 10.2. The van der Waals surface area contributed by atoms with Crippen LogP contribution in [0.2, 0.25) is 0 Å². The number of hydrogen-bond acceptors (Lipinski definition) is 5. The lowest BCUT2D eigenvalue weighted by molar-refractivity contribution is -0.121. The Kier molecular flexibility index (Phi) is 6.91. The number of ether oxygens (including phenoxy) is 1. The topological polar surface area (TPSA) is 106 Å². The first-order chi connectivity index (χ1) is 11.6. The molecule has 128 valence electrons. The minimum atomic E-state index is -1.17. The number of aromatic carboxylic acids is 1. The number of hydrogen-bond donors (Lipinski definition) is 2. The fraction of sp³-hybridized carbons (Fsp3) is 0.375. The van der Waals surface area contributed by atoms with Gasteiger partial charge < -0.3 is 15.2 Å². The van der Waals surface area contributed by atoms with Crippen LogP contribution in [-0.2, 0) is 22.5 Å². The van der Waals surface area contributed by atoms with Crippen molar-refractivity contribution in [2.45, 2.75) is 19.4 Å². The highest BCUT2D eigenvalue weighted by Crippen LogP contribution is 1.99. The number of nitrogens with zero attached hydrogens (tertiary/aromatic N) is 3. The summed E-state index contributed by atoms with van der Waals surface area (Å²) < 4.78 is 6.71. The number of carbonyl (C=O) groups is 2. The van der Waals surface area contributed by atoms with Crippen LogP contribution >= 0.6 is 0 Å². The third-order valence-corrected chi connectivity index (χ3v) is 3.23. The molecule has 0 atom stereocenters. The molecule has 0 saturated heterocycles. The number of benzene rings is 1. The van der Waals surface area contributed by atoms with Crippen molar-refractivity contribution in [2.75, 3.05) is 19.8 Å². The number of amides is 1. The first-order valence-corrected chi connectivity index (χ1v) is 7.67. The van der Waals surface area contributed by atoms with Crippen molar-refractivity contribution >= 4 is 11.9 Å². The van der Waals surface area contributed by atoms with Gasteiger partial charge in [0.25, 0.3) is 0 Å². The van der Waals surface area contributed by atoms with E-state index in [1.807, 2.05) is 18.2 Å². The molecule has 1 aromatic carbocycles. The Hall–Kier alpha value is -2.74. The number of aromatic nitrogens is 3. The fourth-order valence-corrected chi connectivity index (χ4v) is 2.02. The average molecular weight is 332 g/mol. The number of carbonyl (C=O) groups excluding carboxylic acids is 1. The molecule has 2 rings (SSSR count). The molecule has 8 heteroatoms. The molecule has 2 aromatic rings. The number of carboxylic acids is 1. The van der Waals surface area contributed by atoms with E-state index in [1.165, 1.54) is 16.4 Å². The Balaban J connectivity index is 1.52. The van der Waals surface area contributed by atoms with Gasteiger partial charge in [0.15, 0.2) is 5.69 Å². The van der Waals surface area contributed by atoms with Crippen LogP contribution in [0.15, 0.2) is 36.5 Å². The summed E-state index contributed by atoms with van der Waals surface area (Å²) in [6.07, 6.45) is 2.79. The number of rotatable bonds is 10. The molecule has 0 aliphatic heterocycles. The molecule has 8 nitrogen and oxygen atoms in total. The zero-order valence-electron chi connectivity index (χ0n) is 13.2. The predicted molar refractivity (Wildman–Crippen MR) is 85.6 cm³/mol. The van der Waals surface area contributed by atoms with Gasteiger partial charge in [-0.15, -0.1) is 5.10 Å². The van der Waals surface area contributed by atoms with Crippen molar-refractivity contribution < 1.29 is 19.4 Å². The molecule has 0 fully saturated rings. The highest BCUT2D eigenvalue weighted by atomic mass is 16.5. The fourth-order valence-electron chi connectivity index (χ4n) is 2.02. The van der Waals surface area contributed by atoms with Gasteiger partial charge in [-0.2, -0.15) is 0 Å². The molecule has 1 aromatic heterocycles. The summed E-state index contributed by atoms with van der Waals surface area (Å²) in [6, 6.07) is 10.1. The van der Waals surface area contributed by atoms with Crippen LogP contribution in [0.5, 0.6) is 0 Å². The van der Waals surface area contributed by atoms with Gasteiger partial charge >= 0.3 is 5.97 Å². The molecule has 0 spiro atoms.